The lowest BCUT2D eigenvalue weighted by molar-refractivity contribution is 0.601. The second-order valence-corrected chi connectivity index (χ2v) is 6.81. The molecule has 1 heterocycles. The summed E-state index contributed by atoms with van der Waals surface area (Å²) in [6.45, 7) is 1.92. The Kier molecular flexibility index (Phi) is 4.13. The van der Waals surface area contributed by atoms with Crippen LogP contribution in [0.1, 0.15) is 5.56 Å². The third-order valence-corrected chi connectivity index (χ3v) is 4.88. The summed E-state index contributed by atoms with van der Waals surface area (Å²) >= 11 is 9.18. The highest BCUT2D eigenvalue weighted by molar-refractivity contribution is 9.10. The van der Waals surface area contributed by atoms with E-state index in [1.807, 2.05) is 19.1 Å². The highest BCUT2D eigenvalue weighted by Crippen LogP contribution is 2.27. The van der Waals surface area contributed by atoms with Gasteiger partial charge in [0.05, 0.1) is 10.7 Å². The number of anilines is 1. The number of nitrogens with zero attached hydrogens (tertiary/aromatic N) is 1. The zero-order valence-electron chi connectivity index (χ0n) is 9.89. The highest BCUT2D eigenvalue weighted by Gasteiger charge is 2.19. The molecule has 0 saturated heterocycles. The van der Waals surface area contributed by atoms with Crippen molar-refractivity contribution in [2.45, 2.75) is 11.8 Å². The molecule has 19 heavy (non-hydrogen) atoms. The largest absolute Gasteiger partial charge is 0.278 e. The number of aryl methyl sites for hydroxylation is 1. The van der Waals surface area contributed by atoms with Gasteiger partial charge in [-0.3, -0.25) is 9.71 Å². The fourth-order valence-corrected chi connectivity index (χ4v) is 3.70. The van der Waals surface area contributed by atoms with Crippen LogP contribution >= 0.6 is 27.5 Å². The molecule has 1 aromatic heterocycles. The fourth-order valence-electron chi connectivity index (χ4n) is 1.46. The summed E-state index contributed by atoms with van der Waals surface area (Å²) < 4.78 is 27.5. The van der Waals surface area contributed by atoms with Crippen molar-refractivity contribution >= 4 is 43.2 Å². The van der Waals surface area contributed by atoms with Crippen LogP contribution in [0.2, 0.25) is 5.02 Å². The fraction of sp³-hybridized carbons (Fsp3) is 0.0833. The Labute approximate surface area is 125 Å². The smallest absolute Gasteiger partial charge is 0.264 e. The second kappa shape index (κ2) is 5.48. The zero-order chi connectivity index (χ0) is 14.0. The molecule has 0 saturated carbocycles. The SMILES string of the molecule is Cc1ccc(NS(=O)(=O)c2cnccc2Cl)c(Br)c1. The van der Waals surface area contributed by atoms with Crippen LogP contribution in [0.3, 0.4) is 0 Å². The first-order valence-electron chi connectivity index (χ1n) is 5.28. The van der Waals surface area contributed by atoms with Crippen molar-refractivity contribution in [2.24, 2.45) is 0 Å². The average Bonchev–Trinajstić information content (AvgIpc) is 2.33. The first-order valence-corrected chi connectivity index (χ1v) is 7.94. The van der Waals surface area contributed by atoms with E-state index in [1.165, 1.54) is 18.5 Å². The quantitative estimate of drug-likeness (QED) is 0.908. The molecule has 1 N–H and O–H groups in total. The van der Waals surface area contributed by atoms with Crippen LogP contribution in [0.5, 0.6) is 0 Å². The summed E-state index contributed by atoms with van der Waals surface area (Å²) in [5.74, 6) is 0. The Bertz CT molecular complexity index is 719. The summed E-state index contributed by atoms with van der Waals surface area (Å²) in [5, 5.41) is 0.130. The van der Waals surface area contributed by atoms with E-state index in [-0.39, 0.29) is 9.92 Å². The first-order chi connectivity index (χ1) is 8.90. The van der Waals surface area contributed by atoms with Crippen molar-refractivity contribution in [3.8, 4) is 0 Å². The van der Waals surface area contributed by atoms with Crippen LogP contribution in [0, 0.1) is 6.92 Å². The summed E-state index contributed by atoms with van der Waals surface area (Å²) in [4.78, 5) is 3.72. The van der Waals surface area contributed by atoms with Crippen LogP contribution in [-0.2, 0) is 10.0 Å². The highest BCUT2D eigenvalue weighted by atomic mass is 79.9. The minimum atomic E-state index is -3.75. The molecule has 0 spiro atoms. The molecule has 0 amide bonds. The van der Waals surface area contributed by atoms with Gasteiger partial charge in [0, 0.05) is 16.9 Å². The van der Waals surface area contributed by atoms with E-state index in [0.717, 1.165) is 5.56 Å². The molecule has 0 unspecified atom stereocenters. The predicted octanol–water partition coefficient (Wildman–Crippen LogP) is 3.61. The molecule has 4 nitrogen and oxygen atoms in total. The van der Waals surface area contributed by atoms with E-state index >= 15 is 0 Å². The number of benzene rings is 1. The number of aromatic nitrogens is 1. The maximum Gasteiger partial charge on any atom is 0.264 e. The van der Waals surface area contributed by atoms with E-state index in [0.29, 0.717) is 10.2 Å². The number of nitrogens with one attached hydrogen (secondary N) is 1. The lowest BCUT2D eigenvalue weighted by Gasteiger charge is -2.10. The Balaban J connectivity index is 2.40. The maximum absolute atomic E-state index is 12.2. The van der Waals surface area contributed by atoms with Crippen molar-refractivity contribution in [2.75, 3.05) is 4.72 Å². The number of hydrogen-bond acceptors (Lipinski definition) is 3. The van der Waals surface area contributed by atoms with Crippen molar-refractivity contribution in [3.05, 3.63) is 51.7 Å². The second-order valence-electron chi connectivity index (χ2n) is 3.89. The Hall–Kier alpha value is -1.11. The molecular weight excluding hydrogens is 352 g/mol. The topological polar surface area (TPSA) is 59.1 Å². The van der Waals surface area contributed by atoms with Crippen LogP contribution in [0.25, 0.3) is 0 Å². The van der Waals surface area contributed by atoms with Crippen molar-refractivity contribution in [1.29, 1.82) is 0 Å². The van der Waals surface area contributed by atoms with Crippen LogP contribution in [0.15, 0.2) is 46.0 Å². The van der Waals surface area contributed by atoms with Gasteiger partial charge >= 0.3 is 0 Å². The number of hydrogen-bond donors (Lipinski definition) is 1. The van der Waals surface area contributed by atoms with Gasteiger partial charge < -0.3 is 0 Å². The standard InChI is InChI=1S/C12H10BrClN2O2S/c1-8-2-3-11(9(13)6-8)16-19(17,18)12-7-15-5-4-10(12)14/h2-7,16H,1H3. The third kappa shape index (κ3) is 3.26. The monoisotopic (exact) mass is 360 g/mol. The van der Waals surface area contributed by atoms with Crippen molar-refractivity contribution in [3.63, 3.8) is 0 Å². The summed E-state index contributed by atoms with van der Waals surface area (Å²) in [6.07, 6.45) is 2.65. The van der Waals surface area contributed by atoms with Gasteiger partial charge in [0.15, 0.2) is 0 Å². The molecule has 0 radical (unpaired) electrons. The molecular formula is C12H10BrClN2O2S. The summed E-state index contributed by atoms with van der Waals surface area (Å²) in [5.41, 5.74) is 1.47. The third-order valence-electron chi connectivity index (χ3n) is 2.39. The minimum Gasteiger partial charge on any atom is -0.278 e. The molecule has 2 aromatic rings. The number of sulfonamides is 1. The lowest BCUT2D eigenvalue weighted by Crippen LogP contribution is -2.14. The number of rotatable bonds is 3. The molecule has 0 aliphatic heterocycles. The van der Waals surface area contributed by atoms with E-state index in [4.69, 9.17) is 11.6 Å². The Morgan fingerprint density at radius 1 is 1.32 bits per heavy atom. The normalized spacial score (nSPS) is 11.3. The number of halogens is 2. The van der Waals surface area contributed by atoms with Gasteiger partial charge in [-0.15, -0.1) is 0 Å². The van der Waals surface area contributed by atoms with Gasteiger partial charge in [-0.1, -0.05) is 17.7 Å². The maximum atomic E-state index is 12.2. The van der Waals surface area contributed by atoms with Gasteiger partial charge in [0.2, 0.25) is 0 Å². The minimum absolute atomic E-state index is 0.0517. The van der Waals surface area contributed by atoms with E-state index in [1.54, 1.807) is 6.07 Å². The molecule has 0 aliphatic carbocycles. The molecule has 0 fully saturated rings. The first kappa shape index (κ1) is 14.3. The average molecular weight is 362 g/mol. The van der Waals surface area contributed by atoms with Crippen molar-refractivity contribution in [1.82, 2.24) is 4.98 Å². The molecule has 1 aromatic carbocycles. The number of pyridine rings is 1. The predicted molar refractivity (Wildman–Crippen MR) is 78.9 cm³/mol. The summed E-state index contributed by atoms with van der Waals surface area (Å²) in [7, 11) is -3.75. The van der Waals surface area contributed by atoms with Crippen molar-refractivity contribution < 1.29 is 8.42 Å². The van der Waals surface area contributed by atoms with Crippen LogP contribution in [0.4, 0.5) is 5.69 Å². The van der Waals surface area contributed by atoms with E-state index in [9.17, 15) is 8.42 Å². The van der Waals surface area contributed by atoms with Gasteiger partial charge in [0.1, 0.15) is 4.90 Å². The molecule has 2 rings (SSSR count). The van der Waals surface area contributed by atoms with Gasteiger partial charge in [-0.2, -0.15) is 0 Å². The lowest BCUT2D eigenvalue weighted by atomic mass is 10.2. The van der Waals surface area contributed by atoms with E-state index in [2.05, 4.69) is 25.6 Å². The molecule has 0 bridgehead atoms. The van der Waals surface area contributed by atoms with Gasteiger partial charge in [-0.05, 0) is 46.6 Å². The van der Waals surface area contributed by atoms with Gasteiger partial charge in [-0.25, -0.2) is 8.42 Å². The molecule has 7 heteroatoms. The van der Waals surface area contributed by atoms with Crippen LogP contribution < -0.4 is 4.72 Å². The Morgan fingerprint density at radius 2 is 2.05 bits per heavy atom. The molecule has 0 atom stereocenters. The zero-order valence-corrected chi connectivity index (χ0v) is 13.1. The molecule has 100 valence electrons. The van der Waals surface area contributed by atoms with Gasteiger partial charge in [0.25, 0.3) is 10.0 Å². The summed E-state index contributed by atoms with van der Waals surface area (Å²) in [6, 6.07) is 6.75. The van der Waals surface area contributed by atoms with E-state index < -0.39 is 10.0 Å². The Morgan fingerprint density at radius 3 is 2.68 bits per heavy atom. The van der Waals surface area contributed by atoms with Crippen LogP contribution in [-0.4, -0.2) is 13.4 Å². The molecule has 0 aliphatic rings.